The summed E-state index contributed by atoms with van der Waals surface area (Å²) >= 11 is 0. The van der Waals surface area contributed by atoms with E-state index in [4.69, 9.17) is 4.74 Å². The van der Waals surface area contributed by atoms with Gasteiger partial charge in [-0.15, -0.1) is 0 Å². The van der Waals surface area contributed by atoms with Crippen molar-refractivity contribution in [2.24, 2.45) is 5.10 Å². The molecule has 2 aliphatic heterocycles. The average molecular weight is 239 g/mol. The first-order valence-electron chi connectivity index (χ1n) is 5.89. The summed E-state index contributed by atoms with van der Waals surface area (Å²) in [6.45, 7) is 1.37. The van der Waals surface area contributed by atoms with Gasteiger partial charge in [0.15, 0.2) is 0 Å². The maximum absolute atomic E-state index is 12.0. The first-order valence-corrected chi connectivity index (χ1v) is 5.89. The maximum atomic E-state index is 12.0. The molecular formula is C11H17N3O3. The normalized spacial score (nSPS) is 24.2. The molecule has 0 aromatic carbocycles. The lowest BCUT2D eigenvalue weighted by Crippen LogP contribution is -2.41. The van der Waals surface area contributed by atoms with Gasteiger partial charge in [-0.3, -0.25) is 9.59 Å². The van der Waals surface area contributed by atoms with Crippen molar-refractivity contribution < 1.29 is 14.3 Å². The van der Waals surface area contributed by atoms with Crippen LogP contribution in [0.5, 0.6) is 0 Å². The number of rotatable bonds is 3. The Hall–Kier alpha value is -1.43. The van der Waals surface area contributed by atoms with Gasteiger partial charge < -0.3 is 9.64 Å². The Kier molecular flexibility index (Phi) is 3.73. The number of nitrogens with one attached hydrogen (secondary N) is 1. The molecule has 0 saturated carbocycles. The molecule has 0 spiro atoms. The Balaban J connectivity index is 1.88. The van der Waals surface area contributed by atoms with E-state index in [0.29, 0.717) is 25.1 Å². The Morgan fingerprint density at radius 3 is 3.00 bits per heavy atom. The van der Waals surface area contributed by atoms with Gasteiger partial charge >= 0.3 is 0 Å². The third kappa shape index (κ3) is 3.03. The van der Waals surface area contributed by atoms with Gasteiger partial charge in [0.25, 0.3) is 5.91 Å². The second-order valence-corrected chi connectivity index (χ2v) is 4.41. The summed E-state index contributed by atoms with van der Waals surface area (Å²) in [6, 6.07) is 0. The minimum absolute atomic E-state index is 0.125. The van der Waals surface area contributed by atoms with Crippen LogP contribution in [-0.4, -0.2) is 48.7 Å². The Labute approximate surface area is 100.0 Å². The first kappa shape index (κ1) is 12.0. The molecule has 1 saturated heterocycles. The first-order chi connectivity index (χ1) is 8.16. The van der Waals surface area contributed by atoms with E-state index >= 15 is 0 Å². The number of amides is 2. The van der Waals surface area contributed by atoms with Crippen LogP contribution in [0, 0.1) is 0 Å². The van der Waals surface area contributed by atoms with E-state index in [2.05, 4.69) is 10.5 Å². The lowest BCUT2D eigenvalue weighted by molar-refractivity contribution is -0.124. The predicted octanol–water partition coefficient (Wildman–Crippen LogP) is -0.110. The van der Waals surface area contributed by atoms with Gasteiger partial charge in [-0.2, -0.15) is 5.10 Å². The molecule has 6 nitrogen and oxygen atoms in total. The van der Waals surface area contributed by atoms with Gasteiger partial charge in [0, 0.05) is 33.0 Å². The summed E-state index contributed by atoms with van der Waals surface area (Å²) < 4.78 is 5.47. The average Bonchev–Trinajstić information content (AvgIpc) is 2.82. The number of carbonyl (C=O) groups excluding carboxylic acids is 2. The Morgan fingerprint density at radius 1 is 1.59 bits per heavy atom. The van der Waals surface area contributed by atoms with Crippen molar-refractivity contribution in [3.63, 3.8) is 0 Å². The molecule has 0 aromatic rings. The van der Waals surface area contributed by atoms with Crippen LogP contribution < -0.4 is 5.43 Å². The number of carbonyl (C=O) groups is 2. The molecule has 1 N–H and O–H groups in total. The zero-order valence-corrected chi connectivity index (χ0v) is 9.94. The fourth-order valence-electron chi connectivity index (χ4n) is 2.03. The number of hydrogen-bond acceptors (Lipinski definition) is 4. The summed E-state index contributed by atoms with van der Waals surface area (Å²) in [4.78, 5) is 24.5. The zero-order valence-electron chi connectivity index (χ0n) is 9.94. The van der Waals surface area contributed by atoms with Crippen LogP contribution in [0.1, 0.15) is 25.7 Å². The third-order valence-corrected chi connectivity index (χ3v) is 3.00. The molecule has 94 valence electrons. The van der Waals surface area contributed by atoms with Crippen LogP contribution in [0.2, 0.25) is 0 Å². The Morgan fingerprint density at radius 2 is 2.41 bits per heavy atom. The SMILES string of the molecule is CN(CC1CCCO1)C(=O)C1=NNC(=O)CC1. The third-order valence-electron chi connectivity index (χ3n) is 3.00. The van der Waals surface area contributed by atoms with E-state index in [1.807, 2.05) is 0 Å². The molecule has 6 heteroatoms. The topological polar surface area (TPSA) is 71.0 Å². The summed E-state index contributed by atoms with van der Waals surface area (Å²) in [5, 5.41) is 3.79. The minimum Gasteiger partial charge on any atom is -0.376 e. The fraction of sp³-hybridized carbons (Fsp3) is 0.727. The van der Waals surface area contributed by atoms with Gasteiger partial charge in [0.05, 0.1) is 6.10 Å². The number of likely N-dealkylation sites (N-methyl/N-ethyl adjacent to an activating group) is 1. The lowest BCUT2D eigenvalue weighted by atomic mass is 10.1. The zero-order chi connectivity index (χ0) is 12.3. The van der Waals surface area contributed by atoms with Crippen molar-refractivity contribution in [1.29, 1.82) is 0 Å². The van der Waals surface area contributed by atoms with Crippen LogP contribution in [0.4, 0.5) is 0 Å². The molecule has 0 aliphatic carbocycles. The quantitative estimate of drug-likeness (QED) is 0.747. The standard InChI is InChI=1S/C11H17N3O3/c1-14(7-8-3-2-6-17-8)11(16)9-4-5-10(15)13-12-9/h8H,2-7H2,1H3,(H,13,15). The largest absolute Gasteiger partial charge is 0.376 e. The van der Waals surface area contributed by atoms with Crippen molar-refractivity contribution in [2.75, 3.05) is 20.2 Å². The number of hydrazone groups is 1. The summed E-state index contributed by atoms with van der Waals surface area (Å²) in [5.41, 5.74) is 2.75. The highest BCUT2D eigenvalue weighted by Gasteiger charge is 2.24. The summed E-state index contributed by atoms with van der Waals surface area (Å²) in [5.74, 6) is -0.260. The summed E-state index contributed by atoms with van der Waals surface area (Å²) in [6.07, 6.45) is 2.95. The fourth-order valence-corrected chi connectivity index (χ4v) is 2.03. The molecule has 1 atom stereocenters. The van der Waals surface area contributed by atoms with Gasteiger partial charge in [-0.05, 0) is 12.8 Å². The van der Waals surface area contributed by atoms with Crippen molar-refractivity contribution in [1.82, 2.24) is 10.3 Å². The van der Waals surface area contributed by atoms with Gasteiger partial charge in [-0.25, -0.2) is 5.43 Å². The van der Waals surface area contributed by atoms with Gasteiger partial charge in [-0.1, -0.05) is 0 Å². The molecule has 2 heterocycles. The monoisotopic (exact) mass is 239 g/mol. The second kappa shape index (κ2) is 5.27. The van der Waals surface area contributed by atoms with E-state index in [1.165, 1.54) is 0 Å². The van der Waals surface area contributed by atoms with Crippen LogP contribution in [0.15, 0.2) is 5.10 Å². The number of nitrogens with zero attached hydrogens (tertiary/aromatic N) is 2. The molecule has 0 bridgehead atoms. The molecule has 2 aliphatic rings. The van der Waals surface area contributed by atoms with Gasteiger partial charge in [0.1, 0.15) is 5.71 Å². The van der Waals surface area contributed by atoms with Crippen molar-refractivity contribution in [2.45, 2.75) is 31.8 Å². The molecule has 2 rings (SSSR count). The van der Waals surface area contributed by atoms with Crippen LogP contribution in [0.3, 0.4) is 0 Å². The highest BCUT2D eigenvalue weighted by Crippen LogP contribution is 2.13. The second-order valence-electron chi connectivity index (χ2n) is 4.41. The highest BCUT2D eigenvalue weighted by atomic mass is 16.5. The number of hydrogen-bond donors (Lipinski definition) is 1. The molecule has 0 radical (unpaired) electrons. The van der Waals surface area contributed by atoms with E-state index in [9.17, 15) is 9.59 Å². The minimum atomic E-state index is -0.136. The van der Waals surface area contributed by atoms with Crippen molar-refractivity contribution in [3.8, 4) is 0 Å². The predicted molar refractivity (Wildman–Crippen MR) is 61.4 cm³/mol. The van der Waals surface area contributed by atoms with E-state index in [0.717, 1.165) is 19.4 Å². The highest BCUT2D eigenvalue weighted by molar-refractivity contribution is 6.39. The van der Waals surface area contributed by atoms with Crippen molar-refractivity contribution >= 4 is 17.5 Å². The van der Waals surface area contributed by atoms with E-state index < -0.39 is 0 Å². The van der Waals surface area contributed by atoms with Crippen LogP contribution in [-0.2, 0) is 14.3 Å². The van der Waals surface area contributed by atoms with E-state index in [1.54, 1.807) is 11.9 Å². The number of ether oxygens (including phenoxy) is 1. The van der Waals surface area contributed by atoms with Gasteiger partial charge in [0.2, 0.25) is 5.91 Å². The molecular weight excluding hydrogens is 222 g/mol. The lowest BCUT2D eigenvalue weighted by Gasteiger charge is -2.22. The molecule has 0 aromatic heterocycles. The summed E-state index contributed by atoms with van der Waals surface area (Å²) in [7, 11) is 1.74. The molecule has 1 unspecified atom stereocenters. The van der Waals surface area contributed by atoms with Crippen molar-refractivity contribution in [3.05, 3.63) is 0 Å². The van der Waals surface area contributed by atoms with Crippen LogP contribution in [0.25, 0.3) is 0 Å². The smallest absolute Gasteiger partial charge is 0.269 e. The van der Waals surface area contributed by atoms with Crippen LogP contribution >= 0.6 is 0 Å². The molecule has 2 amide bonds. The van der Waals surface area contributed by atoms with E-state index in [-0.39, 0.29) is 17.9 Å². The maximum Gasteiger partial charge on any atom is 0.269 e. The molecule has 1 fully saturated rings. The molecule has 17 heavy (non-hydrogen) atoms. The Bertz CT molecular complexity index is 348.